The molecule has 1 saturated carbocycles. The van der Waals surface area contributed by atoms with Crippen LogP contribution >= 0.6 is 11.3 Å². The molecule has 5 rings (SSSR count). The van der Waals surface area contributed by atoms with Crippen molar-refractivity contribution in [1.82, 2.24) is 24.9 Å². The molecular formula is C20H25N5O2S. The first-order valence-corrected chi connectivity index (χ1v) is 10.9. The average molecular weight is 400 g/mol. The standard InChI is InChI=1S/C20H25N5O2S/c1-11-21-19-15(13-9-20(2,3)27-10-14(13)28-19)17-23-16(24-25(11)17)18(26)22-12-7-5-4-6-8-12/h12H,4-10H2,1-3H3,(H,22,26). The first-order valence-electron chi connectivity index (χ1n) is 10.0. The highest BCUT2D eigenvalue weighted by Gasteiger charge is 2.31. The summed E-state index contributed by atoms with van der Waals surface area (Å²) in [6.07, 6.45) is 6.48. The molecule has 8 heteroatoms. The lowest BCUT2D eigenvalue weighted by atomic mass is 9.94. The maximum atomic E-state index is 12.8. The van der Waals surface area contributed by atoms with Crippen LogP contribution in [-0.2, 0) is 17.8 Å². The second-order valence-corrected chi connectivity index (χ2v) is 9.63. The first-order chi connectivity index (χ1) is 13.4. The number of carbonyl (C=O) groups is 1. The zero-order valence-corrected chi connectivity index (χ0v) is 17.4. The molecule has 4 heterocycles. The van der Waals surface area contributed by atoms with E-state index >= 15 is 0 Å². The number of nitrogens with one attached hydrogen (secondary N) is 1. The van der Waals surface area contributed by atoms with Crippen molar-refractivity contribution in [2.24, 2.45) is 0 Å². The fourth-order valence-corrected chi connectivity index (χ4v) is 5.48. The van der Waals surface area contributed by atoms with E-state index in [1.807, 2.05) is 6.92 Å². The molecule has 1 N–H and O–H groups in total. The Morgan fingerprint density at radius 1 is 1.25 bits per heavy atom. The van der Waals surface area contributed by atoms with Gasteiger partial charge in [0.2, 0.25) is 5.82 Å². The van der Waals surface area contributed by atoms with Gasteiger partial charge in [0, 0.05) is 17.3 Å². The molecule has 0 radical (unpaired) electrons. The minimum atomic E-state index is -0.218. The molecule has 1 amide bonds. The molecule has 3 aromatic rings. The minimum Gasteiger partial charge on any atom is -0.370 e. The van der Waals surface area contributed by atoms with Gasteiger partial charge < -0.3 is 10.1 Å². The van der Waals surface area contributed by atoms with Crippen molar-refractivity contribution in [3.05, 3.63) is 22.1 Å². The Morgan fingerprint density at radius 3 is 2.82 bits per heavy atom. The van der Waals surface area contributed by atoms with E-state index in [2.05, 4.69) is 29.2 Å². The largest absolute Gasteiger partial charge is 0.370 e. The number of thiophene rings is 1. The van der Waals surface area contributed by atoms with Crippen LogP contribution in [0, 0.1) is 6.92 Å². The van der Waals surface area contributed by atoms with E-state index < -0.39 is 0 Å². The predicted molar refractivity (Wildman–Crippen MR) is 108 cm³/mol. The molecule has 1 aliphatic heterocycles. The number of hydrogen-bond acceptors (Lipinski definition) is 6. The first kappa shape index (κ1) is 18.0. The Balaban J connectivity index is 1.58. The number of aromatic nitrogens is 4. The molecule has 3 aromatic heterocycles. The molecule has 0 aromatic carbocycles. The molecule has 2 aliphatic rings. The molecule has 0 unspecified atom stereocenters. The third kappa shape index (κ3) is 2.99. The Hall–Kier alpha value is -2.06. The fourth-order valence-electron chi connectivity index (χ4n) is 4.34. The second kappa shape index (κ2) is 6.49. The quantitative estimate of drug-likeness (QED) is 0.713. The van der Waals surface area contributed by atoms with E-state index in [0.29, 0.717) is 6.61 Å². The van der Waals surface area contributed by atoms with E-state index in [1.54, 1.807) is 15.9 Å². The van der Waals surface area contributed by atoms with Gasteiger partial charge in [-0.25, -0.2) is 9.97 Å². The van der Waals surface area contributed by atoms with Crippen molar-refractivity contribution in [1.29, 1.82) is 0 Å². The number of nitrogens with zero attached hydrogens (tertiary/aromatic N) is 4. The molecule has 1 fully saturated rings. The molecule has 28 heavy (non-hydrogen) atoms. The Labute approximate surface area is 167 Å². The van der Waals surface area contributed by atoms with E-state index in [-0.39, 0.29) is 23.4 Å². The van der Waals surface area contributed by atoms with Crippen LogP contribution in [0.3, 0.4) is 0 Å². The van der Waals surface area contributed by atoms with Gasteiger partial charge in [-0.2, -0.15) is 4.52 Å². The molecule has 148 valence electrons. The summed E-state index contributed by atoms with van der Waals surface area (Å²) < 4.78 is 7.68. The lowest BCUT2D eigenvalue weighted by Gasteiger charge is -2.30. The van der Waals surface area contributed by atoms with Crippen LogP contribution in [0.5, 0.6) is 0 Å². The van der Waals surface area contributed by atoms with E-state index in [9.17, 15) is 4.79 Å². The Morgan fingerprint density at radius 2 is 2.04 bits per heavy atom. The van der Waals surface area contributed by atoms with E-state index in [4.69, 9.17) is 9.72 Å². The number of fused-ring (bicyclic) bond motifs is 5. The van der Waals surface area contributed by atoms with Gasteiger partial charge in [0.15, 0.2) is 5.65 Å². The molecule has 0 saturated heterocycles. The molecule has 0 spiro atoms. The lowest BCUT2D eigenvalue weighted by molar-refractivity contribution is -0.0379. The summed E-state index contributed by atoms with van der Waals surface area (Å²) in [5, 5.41) is 8.63. The smallest absolute Gasteiger partial charge is 0.291 e. The van der Waals surface area contributed by atoms with Gasteiger partial charge in [-0.1, -0.05) is 19.3 Å². The van der Waals surface area contributed by atoms with Gasteiger partial charge in [-0.05, 0) is 39.2 Å². The predicted octanol–water partition coefficient (Wildman–Crippen LogP) is 3.56. The maximum Gasteiger partial charge on any atom is 0.291 e. The summed E-state index contributed by atoms with van der Waals surface area (Å²) in [5.41, 5.74) is 1.75. The molecule has 7 nitrogen and oxygen atoms in total. The number of rotatable bonds is 2. The summed E-state index contributed by atoms with van der Waals surface area (Å²) in [6, 6.07) is 0.235. The summed E-state index contributed by atoms with van der Waals surface area (Å²) in [5.74, 6) is 0.788. The summed E-state index contributed by atoms with van der Waals surface area (Å²) in [6.45, 7) is 6.71. The van der Waals surface area contributed by atoms with Crippen LogP contribution in [0.1, 0.15) is 72.8 Å². The van der Waals surface area contributed by atoms with Gasteiger partial charge >= 0.3 is 0 Å². The number of ether oxygens (including phenoxy) is 1. The molecule has 0 atom stereocenters. The normalized spacial score (nSPS) is 19.8. The van der Waals surface area contributed by atoms with Crippen molar-refractivity contribution >= 4 is 33.1 Å². The van der Waals surface area contributed by atoms with Crippen LogP contribution < -0.4 is 5.32 Å². The van der Waals surface area contributed by atoms with Gasteiger partial charge in [0.1, 0.15) is 10.7 Å². The molecule has 0 bridgehead atoms. The van der Waals surface area contributed by atoms with Crippen molar-refractivity contribution in [3.8, 4) is 0 Å². The zero-order valence-electron chi connectivity index (χ0n) is 16.5. The van der Waals surface area contributed by atoms with Crippen LogP contribution in [-0.4, -0.2) is 37.1 Å². The third-order valence-corrected chi connectivity index (χ3v) is 6.91. The topological polar surface area (TPSA) is 81.4 Å². The van der Waals surface area contributed by atoms with Crippen LogP contribution in [0.15, 0.2) is 0 Å². The SMILES string of the molecule is Cc1nc2sc3c(c2c2nc(C(=O)NC4CCCCC4)nn12)CC(C)(C)OC3. The minimum absolute atomic E-state index is 0.184. The van der Waals surface area contributed by atoms with Gasteiger partial charge in [0.05, 0.1) is 17.6 Å². The number of amides is 1. The number of aryl methyl sites for hydroxylation is 1. The van der Waals surface area contributed by atoms with Crippen LogP contribution in [0.4, 0.5) is 0 Å². The highest BCUT2D eigenvalue weighted by atomic mass is 32.1. The molecular weight excluding hydrogens is 374 g/mol. The van der Waals surface area contributed by atoms with Crippen LogP contribution in [0.25, 0.3) is 15.9 Å². The third-order valence-electron chi connectivity index (χ3n) is 5.81. The summed E-state index contributed by atoms with van der Waals surface area (Å²) in [7, 11) is 0. The van der Waals surface area contributed by atoms with Crippen molar-refractivity contribution in [2.75, 3.05) is 0 Å². The molecule has 1 aliphatic carbocycles. The summed E-state index contributed by atoms with van der Waals surface area (Å²) in [4.78, 5) is 24.3. The Kier molecular flexibility index (Phi) is 4.17. The fraction of sp³-hybridized carbons (Fsp3) is 0.600. The highest BCUT2D eigenvalue weighted by Crippen LogP contribution is 2.39. The van der Waals surface area contributed by atoms with Crippen molar-refractivity contribution in [2.45, 2.75) is 77.5 Å². The second-order valence-electron chi connectivity index (χ2n) is 8.55. The highest BCUT2D eigenvalue weighted by molar-refractivity contribution is 7.19. The van der Waals surface area contributed by atoms with Crippen molar-refractivity contribution in [3.63, 3.8) is 0 Å². The lowest BCUT2D eigenvalue weighted by Crippen LogP contribution is -2.36. The van der Waals surface area contributed by atoms with Gasteiger partial charge in [-0.15, -0.1) is 16.4 Å². The van der Waals surface area contributed by atoms with Gasteiger partial charge in [-0.3, -0.25) is 4.79 Å². The monoisotopic (exact) mass is 399 g/mol. The van der Waals surface area contributed by atoms with Crippen LogP contribution in [0.2, 0.25) is 0 Å². The Bertz CT molecular complexity index is 1080. The van der Waals surface area contributed by atoms with Crippen molar-refractivity contribution < 1.29 is 9.53 Å². The maximum absolute atomic E-state index is 12.8. The van der Waals surface area contributed by atoms with Gasteiger partial charge in [0.25, 0.3) is 5.91 Å². The van der Waals surface area contributed by atoms with E-state index in [1.165, 1.54) is 29.7 Å². The zero-order chi connectivity index (χ0) is 19.5. The summed E-state index contributed by atoms with van der Waals surface area (Å²) >= 11 is 1.66. The number of hydrogen-bond donors (Lipinski definition) is 1. The average Bonchev–Trinajstić information content (AvgIpc) is 3.23. The number of carbonyl (C=O) groups excluding carboxylic acids is 1. The van der Waals surface area contributed by atoms with E-state index in [0.717, 1.165) is 41.0 Å².